The van der Waals surface area contributed by atoms with Crippen LogP contribution in [0, 0.1) is 5.82 Å². The largest absolute Gasteiger partial charge is 0.497 e. The number of amides is 2. The summed E-state index contributed by atoms with van der Waals surface area (Å²) in [5.74, 6) is 0.168. The van der Waals surface area contributed by atoms with E-state index in [0.717, 1.165) is 22.1 Å². The molecule has 1 heterocycles. The summed E-state index contributed by atoms with van der Waals surface area (Å²) in [5, 5.41) is 4.92. The summed E-state index contributed by atoms with van der Waals surface area (Å²) in [6.07, 6.45) is 0. The van der Waals surface area contributed by atoms with E-state index in [0.29, 0.717) is 31.9 Å². The fourth-order valence-corrected chi connectivity index (χ4v) is 4.12. The van der Waals surface area contributed by atoms with Crippen molar-refractivity contribution in [2.24, 2.45) is 0 Å². The number of carbonyl (C=O) groups excluding carboxylic acids is 2. The highest BCUT2D eigenvalue weighted by molar-refractivity contribution is 5.92. The Morgan fingerprint density at radius 3 is 2.33 bits per heavy atom. The second kappa shape index (κ2) is 10.0. The van der Waals surface area contributed by atoms with Crippen molar-refractivity contribution in [2.45, 2.75) is 12.8 Å². The molecule has 1 aliphatic heterocycles. The van der Waals surface area contributed by atoms with Crippen LogP contribution in [0.3, 0.4) is 0 Å². The number of hydrogen-bond acceptors (Lipinski definition) is 4. The molecule has 33 heavy (non-hydrogen) atoms. The fourth-order valence-electron chi connectivity index (χ4n) is 4.12. The molecule has 1 N–H and O–H groups in total. The Kier molecular flexibility index (Phi) is 6.89. The fraction of sp³-hybridized carbons (Fsp3) is 0.308. The number of piperazine rings is 1. The number of nitrogens with one attached hydrogen (secondary N) is 1. The summed E-state index contributed by atoms with van der Waals surface area (Å²) >= 11 is 0. The van der Waals surface area contributed by atoms with Gasteiger partial charge < -0.3 is 15.0 Å². The van der Waals surface area contributed by atoms with Crippen LogP contribution in [0.4, 0.5) is 10.1 Å². The number of rotatable bonds is 6. The number of hydrogen-bond donors (Lipinski definition) is 1. The van der Waals surface area contributed by atoms with Gasteiger partial charge in [-0.25, -0.2) is 4.39 Å². The zero-order valence-electron chi connectivity index (χ0n) is 18.9. The van der Waals surface area contributed by atoms with Crippen molar-refractivity contribution in [3.8, 4) is 5.75 Å². The summed E-state index contributed by atoms with van der Waals surface area (Å²) in [7, 11) is 1.65. The van der Waals surface area contributed by atoms with E-state index in [1.807, 2.05) is 47.1 Å². The molecule has 0 bridgehead atoms. The molecule has 1 saturated heterocycles. The first-order valence-electron chi connectivity index (χ1n) is 11.1. The van der Waals surface area contributed by atoms with Crippen molar-refractivity contribution in [1.82, 2.24) is 9.80 Å². The van der Waals surface area contributed by atoms with Crippen LogP contribution in [0.15, 0.2) is 60.7 Å². The van der Waals surface area contributed by atoms with E-state index in [9.17, 15) is 14.0 Å². The van der Waals surface area contributed by atoms with Crippen LogP contribution in [0.1, 0.15) is 18.4 Å². The predicted molar refractivity (Wildman–Crippen MR) is 127 cm³/mol. The molecular formula is C26H28FN3O3. The third-order valence-corrected chi connectivity index (χ3v) is 6.12. The van der Waals surface area contributed by atoms with Gasteiger partial charge in [-0.05, 0) is 59.7 Å². The van der Waals surface area contributed by atoms with Gasteiger partial charge in [0.05, 0.1) is 19.6 Å². The standard InChI is InChI=1S/C26H28FN3O3/c1-18(19-3-4-21-16-24(33-2)10-5-20(21)15-19)26(32)30-13-11-29(12-14-30)17-25(31)28-23-8-6-22(27)7-9-23/h3-10,15-16,18H,11-14,17H2,1-2H3,(H,28,31). The summed E-state index contributed by atoms with van der Waals surface area (Å²) in [5.41, 5.74) is 1.55. The highest BCUT2D eigenvalue weighted by Gasteiger charge is 2.26. The Morgan fingerprint density at radius 1 is 0.970 bits per heavy atom. The number of fused-ring (bicyclic) bond motifs is 1. The number of methoxy groups -OCH3 is 1. The maximum atomic E-state index is 13.1. The second-order valence-corrected chi connectivity index (χ2v) is 8.35. The Bertz CT molecular complexity index is 1140. The molecule has 1 aliphatic rings. The van der Waals surface area contributed by atoms with Crippen LogP contribution in [0.25, 0.3) is 10.8 Å². The molecule has 1 atom stereocenters. The van der Waals surface area contributed by atoms with Crippen molar-refractivity contribution in [2.75, 3.05) is 45.2 Å². The number of halogens is 1. The first-order valence-corrected chi connectivity index (χ1v) is 11.1. The molecule has 1 unspecified atom stereocenters. The number of anilines is 1. The van der Waals surface area contributed by atoms with Crippen LogP contribution >= 0.6 is 0 Å². The van der Waals surface area contributed by atoms with E-state index in [1.165, 1.54) is 24.3 Å². The lowest BCUT2D eigenvalue weighted by Crippen LogP contribution is -2.51. The van der Waals surface area contributed by atoms with E-state index in [-0.39, 0.29) is 30.1 Å². The molecule has 4 rings (SSSR count). The Morgan fingerprint density at radius 2 is 1.64 bits per heavy atom. The molecule has 1 fully saturated rings. The first-order chi connectivity index (χ1) is 15.9. The Balaban J connectivity index is 1.30. The van der Waals surface area contributed by atoms with Crippen molar-refractivity contribution < 1.29 is 18.7 Å². The van der Waals surface area contributed by atoms with Crippen LogP contribution in [0.2, 0.25) is 0 Å². The zero-order valence-corrected chi connectivity index (χ0v) is 18.9. The van der Waals surface area contributed by atoms with Crippen LogP contribution in [0.5, 0.6) is 5.75 Å². The molecule has 0 aromatic heterocycles. The van der Waals surface area contributed by atoms with Crippen LogP contribution in [-0.2, 0) is 9.59 Å². The Hall–Kier alpha value is -3.45. The third kappa shape index (κ3) is 5.49. The van der Waals surface area contributed by atoms with Gasteiger partial charge in [0.25, 0.3) is 0 Å². The van der Waals surface area contributed by atoms with Crippen molar-refractivity contribution in [1.29, 1.82) is 0 Å². The zero-order chi connectivity index (χ0) is 23.4. The first kappa shape index (κ1) is 22.7. The summed E-state index contributed by atoms with van der Waals surface area (Å²) in [4.78, 5) is 29.3. The van der Waals surface area contributed by atoms with Crippen LogP contribution in [-0.4, -0.2) is 61.4 Å². The topological polar surface area (TPSA) is 61.9 Å². The van der Waals surface area contributed by atoms with Gasteiger partial charge in [0.2, 0.25) is 11.8 Å². The van der Waals surface area contributed by atoms with Gasteiger partial charge in [0, 0.05) is 31.9 Å². The van der Waals surface area contributed by atoms with E-state index >= 15 is 0 Å². The molecule has 0 saturated carbocycles. The van der Waals surface area contributed by atoms with Gasteiger partial charge in [0.1, 0.15) is 11.6 Å². The van der Waals surface area contributed by atoms with Gasteiger partial charge in [-0.3, -0.25) is 14.5 Å². The number of carbonyl (C=O) groups is 2. The average molecular weight is 450 g/mol. The van der Waals surface area contributed by atoms with Crippen LogP contribution < -0.4 is 10.1 Å². The maximum absolute atomic E-state index is 13.1. The van der Waals surface area contributed by atoms with E-state index < -0.39 is 0 Å². The Labute approximate surface area is 192 Å². The lowest BCUT2D eigenvalue weighted by molar-refractivity contribution is -0.134. The predicted octanol–water partition coefficient (Wildman–Crippen LogP) is 3.87. The van der Waals surface area contributed by atoms with E-state index in [4.69, 9.17) is 4.74 Å². The second-order valence-electron chi connectivity index (χ2n) is 8.35. The summed E-state index contributed by atoms with van der Waals surface area (Å²) in [6.45, 7) is 4.60. The van der Waals surface area contributed by atoms with Crippen molar-refractivity contribution in [3.05, 3.63) is 72.0 Å². The lowest BCUT2D eigenvalue weighted by Gasteiger charge is -2.35. The highest BCUT2D eigenvalue weighted by Crippen LogP contribution is 2.26. The van der Waals surface area contributed by atoms with Crippen molar-refractivity contribution in [3.63, 3.8) is 0 Å². The quantitative estimate of drug-likeness (QED) is 0.621. The molecule has 3 aromatic carbocycles. The molecule has 7 heteroatoms. The van der Waals surface area contributed by atoms with Gasteiger partial charge in [-0.2, -0.15) is 0 Å². The van der Waals surface area contributed by atoms with Gasteiger partial charge in [-0.15, -0.1) is 0 Å². The molecule has 0 spiro atoms. The lowest BCUT2D eigenvalue weighted by atomic mass is 9.96. The van der Waals surface area contributed by atoms with E-state index in [1.54, 1.807) is 7.11 Å². The minimum atomic E-state index is -0.341. The molecule has 0 aliphatic carbocycles. The van der Waals surface area contributed by atoms with Crippen molar-refractivity contribution >= 4 is 28.3 Å². The summed E-state index contributed by atoms with van der Waals surface area (Å²) < 4.78 is 18.3. The number of benzene rings is 3. The average Bonchev–Trinajstić information content (AvgIpc) is 2.84. The SMILES string of the molecule is COc1ccc2cc(C(C)C(=O)N3CCN(CC(=O)Nc4ccc(F)cc4)CC3)ccc2c1. The van der Waals surface area contributed by atoms with Gasteiger partial charge >= 0.3 is 0 Å². The number of nitrogens with zero attached hydrogens (tertiary/aromatic N) is 2. The minimum Gasteiger partial charge on any atom is -0.497 e. The maximum Gasteiger partial charge on any atom is 0.238 e. The normalized spacial score (nSPS) is 15.3. The molecule has 3 aromatic rings. The third-order valence-electron chi connectivity index (χ3n) is 6.12. The smallest absolute Gasteiger partial charge is 0.238 e. The molecule has 2 amide bonds. The van der Waals surface area contributed by atoms with E-state index in [2.05, 4.69) is 11.4 Å². The van der Waals surface area contributed by atoms with Gasteiger partial charge in [0.15, 0.2) is 0 Å². The monoisotopic (exact) mass is 449 g/mol. The molecule has 172 valence electrons. The summed E-state index contributed by atoms with van der Waals surface area (Å²) in [6, 6.07) is 17.7. The molecular weight excluding hydrogens is 421 g/mol. The molecule has 6 nitrogen and oxygen atoms in total. The molecule has 0 radical (unpaired) electrons. The number of ether oxygens (including phenoxy) is 1. The van der Waals surface area contributed by atoms with Gasteiger partial charge in [-0.1, -0.05) is 24.3 Å². The minimum absolute atomic E-state index is 0.0956. The highest BCUT2D eigenvalue weighted by atomic mass is 19.1.